The summed E-state index contributed by atoms with van der Waals surface area (Å²) in [6.07, 6.45) is 3.32. The molecular formula is C13H21N3O2. The van der Waals surface area contributed by atoms with Crippen LogP contribution in [0.2, 0.25) is 0 Å². The fraction of sp³-hybridized carbons (Fsp3) is 0.615. The molecule has 1 N–H and O–H groups in total. The van der Waals surface area contributed by atoms with Crippen molar-refractivity contribution in [1.82, 2.24) is 10.3 Å². The summed E-state index contributed by atoms with van der Waals surface area (Å²) < 4.78 is 0. The predicted octanol–water partition coefficient (Wildman–Crippen LogP) is 2.47. The number of nitrogens with zero attached hydrogens (tertiary/aromatic N) is 2. The first-order valence-corrected chi connectivity index (χ1v) is 6.21. The number of hydrogen-bond donors (Lipinski definition) is 1. The SMILES string of the molecule is CNC(Cc1cc([N+](=O)[O-])c(C)cn1)CC(C)C. The first-order chi connectivity index (χ1) is 8.43. The van der Waals surface area contributed by atoms with Gasteiger partial charge in [-0.1, -0.05) is 13.8 Å². The van der Waals surface area contributed by atoms with Crippen LogP contribution in [-0.4, -0.2) is 23.0 Å². The van der Waals surface area contributed by atoms with Crippen LogP contribution in [0, 0.1) is 23.0 Å². The van der Waals surface area contributed by atoms with Crippen LogP contribution >= 0.6 is 0 Å². The third kappa shape index (κ3) is 4.07. The lowest BCUT2D eigenvalue weighted by molar-refractivity contribution is -0.385. The molecule has 18 heavy (non-hydrogen) atoms. The van der Waals surface area contributed by atoms with Gasteiger partial charge in [-0.3, -0.25) is 15.1 Å². The lowest BCUT2D eigenvalue weighted by Crippen LogP contribution is -2.29. The Balaban J connectivity index is 2.83. The lowest BCUT2D eigenvalue weighted by Gasteiger charge is -2.17. The molecule has 0 bridgehead atoms. The predicted molar refractivity (Wildman–Crippen MR) is 71.6 cm³/mol. The maximum Gasteiger partial charge on any atom is 0.275 e. The molecule has 5 heteroatoms. The van der Waals surface area contributed by atoms with Gasteiger partial charge in [-0.2, -0.15) is 0 Å². The van der Waals surface area contributed by atoms with Gasteiger partial charge >= 0.3 is 0 Å². The second-order valence-corrected chi connectivity index (χ2v) is 5.04. The smallest absolute Gasteiger partial charge is 0.275 e. The first-order valence-electron chi connectivity index (χ1n) is 6.21. The minimum atomic E-state index is -0.350. The largest absolute Gasteiger partial charge is 0.317 e. The van der Waals surface area contributed by atoms with Crippen molar-refractivity contribution >= 4 is 5.69 Å². The molecule has 0 radical (unpaired) electrons. The Labute approximate surface area is 108 Å². The van der Waals surface area contributed by atoms with E-state index in [1.807, 2.05) is 7.05 Å². The van der Waals surface area contributed by atoms with E-state index in [1.165, 1.54) is 0 Å². The average Bonchev–Trinajstić information content (AvgIpc) is 2.29. The van der Waals surface area contributed by atoms with Gasteiger partial charge in [-0.25, -0.2) is 0 Å². The molecule has 1 aromatic heterocycles. The molecule has 0 saturated carbocycles. The second-order valence-electron chi connectivity index (χ2n) is 5.04. The van der Waals surface area contributed by atoms with E-state index in [2.05, 4.69) is 24.1 Å². The van der Waals surface area contributed by atoms with Crippen molar-refractivity contribution in [2.24, 2.45) is 5.92 Å². The van der Waals surface area contributed by atoms with E-state index < -0.39 is 0 Å². The van der Waals surface area contributed by atoms with E-state index >= 15 is 0 Å². The third-order valence-electron chi connectivity index (χ3n) is 2.95. The Bertz CT molecular complexity index is 419. The number of nitrogens with one attached hydrogen (secondary N) is 1. The highest BCUT2D eigenvalue weighted by atomic mass is 16.6. The Morgan fingerprint density at radius 1 is 1.50 bits per heavy atom. The van der Waals surface area contributed by atoms with Crippen molar-refractivity contribution in [1.29, 1.82) is 0 Å². The summed E-state index contributed by atoms with van der Waals surface area (Å²) in [5.74, 6) is 0.586. The zero-order valence-electron chi connectivity index (χ0n) is 11.4. The normalized spacial score (nSPS) is 12.7. The summed E-state index contributed by atoms with van der Waals surface area (Å²) in [5.41, 5.74) is 1.53. The number of likely N-dealkylation sites (N-methyl/N-ethyl adjacent to an activating group) is 1. The van der Waals surface area contributed by atoms with E-state index in [0.29, 0.717) is 17.5 Å². The Morgan fingerprint density at radius 3 is 2.67 bits per heavy atom. The molecule has 1 aromatic rings. The highest BCUT2D eigenvalue weighted by Gasteiger charge is 2.15. The molecule has 1 rings (SSSR count). The van der Waals surface area contributed by atoms with Crippen LogP contribution in [0.1, 0.15) is 31.5 Å². The zero-order chi connectivity index (χ0) is 13.7. The van der Waals surface area contributed by atoms with Gasteiger partial charge in [-0.05, 0) is 26.3 Å². The van der Waals surface area contributed by atoms with Crippen molar-refractivity contribution in [3.05, 3.63) is 33.6 Å². The van der Waals surface area contributed by atoms with Crippen LogP contribution in [-0.2, 0) is 6.42 Å². The quantitative estimate of drug-likeness (QED) is 0.623. The van der Waals surface area contributed by atoms with Crippen molar-refractivity contribution < 1.29 is 4.92 Å². The van der Waals surface area contributed by atoms with E-state index in [-0.39, 0.29) is 10.6 Å². The lowest BCUT2D eigenvalue weighted by atomic mass is 9.99. The minimum absolute atomic E-state index is 0.152. The van der Waals surface area contributed by atoms with Crippen molar-refractivity contribution in [2.45, 2.75) is 39.7 Å². The van der Waals surface area contributed by atoms with E-state index in [1.54, 1.807) is 19.2 Å². The third-order valence-corrected chi connectivity index (χ3v) is 2.95. The molecule has 1 heterocycles. The molecule has 1 unspecified atom stereocenters. The molecule has 0 fully saturated rings. The van der Waals surface area contributed by atoms with Crippen LogP contribution in [0.15, 0.2) is 12.3 Å². The highest BCUT2D eigenvalue weighted by molar-refractivity contribution is 5.38. The van der Waals surface area contributed by atoms with Gasteiger partial charge in [0, 0.05) is 36.0 Å². The molecule has 1 atom stereocenters. The standard InChI is InChI=1S/C13H21N3O2/c1-9(2)5-11(14-4)6-12-7-13(16(17)18)10(3)8-15-12/h7-9,11,14H,5-6H2,1-4H3. The Hall–Kier alpha value is -1.49. The monoisotopic (exact) mass is 251 g/mol. The molecule has 0 aliphatic heterocycles. The zero-order valence-corrected chi connectivity index (χ0v) is 11.4. The highest BCUT2D eigenvalue weighted by Crippen LogP contribution is 2.19. The molecule has 100 valence electrons. The molecule has 0 aliphatic rings. The van der Waals surface area contributed by atoms with Gasteiger partial charge < -0.3 is 5.32 Å². The van der Waals surface area contributed by atoms with Gasteiger partial charge in [0.1, 0.15) is 0 Å². The van der Waals surface area contributed by atoms with Crippen molar-refractivity contribution in [2.75, 3.05) is 7.05 Å². The fourth-order valence-corrected chi connectivity index (χ4v) is 1.99. The molecule has 0 amide bonds. The molecule has 0 aromatic carbocycles. The number of aryl methyl sites for hydroxylation is 1. The average molecular weight is 251 g/mol. The summed E-state index contributed by atoms with van der Waals surface area (Å²) in [6.45, 7) is 6.03. The number of hydrogen-bond acceptors (Lipinski definition) is 4. The van der Waals surface area contributed by atoms with Gasteiger partial charge in [-0.15, -0.1) is 0 Å². The number of aromatic nitrogens is 1. The van der Waals surface area contributed by atoms with Crippen LogP contribution in [0.4, 0.5) is 5.69 Å². The summed E-state index contributed by atoms with van der Waals surface area (Å²) in [4.78, 5) is 14.8. The maximum absolute atomic E-state index is 10.9. The van der Waals surface area contributed by atoms with Gasteiger partial charge in [0.15, 0.2) is 0 Å². The topological polar surface area (TPSA) is 68.1 Å². The Morgan fingerprint density at radius 2 is 2.17 bits per heavy atom. The molecule has 0 saturated heterocycles. The van der Waals surface area contributed by atoms with E-state index in [9.17, 15) is 10.1 Å². The first kappa shape index (κ1) is 14.6. The van der Waals surface area contributed by atoms with Crippen molar-refractivity contribution in [3.8, 4) is 0 Å². The second kappa shape index (κ2) is 6.44. The van der Waals surface area contributed by atoms with E-state index in [4.69, 9.17) is 0 Å². The molecule has 0 aliphatic carbocycles. The molecule has 0 spiro atoms. The van der Waals surface area contributed by atoms with Crippen LogP contribution in [0.25, 0.3) is 0 Å². The van der Waals surface area contributed by atoms with Crippen LogP contribution in [0.5, 0.6) is 0 Å². The molecular weight excluding hydrogens is 230 g/mol. The Kier molecular flexibility index (Phi) is 5.22. The summed E-state index contributed by atoms with van der Waals surface area (Å²) in [6, 6.07) is 1.89. The van der Waals surface area contributed by atoms with Crippen LogP contribution < -0.4 is 5.32 Å². The number of pyridine rings is 1. The number of nitro groups is 1. The fourth-order valence-electron chi connectivity index (χ4n) is 1.99. The van der Waals surface area contributed by atoms with Gasteiger partial charge in [0.05, 0.1) is 4.92 Å². The van der Waals surface area contributed by atoms with E-state index in [0.717, 1.165) is 18.5 Å². The van der Waals surface area contributed by atoms with Gasteiger partial charge in [0.2, 0.25) is 0 Å². The maximum atomic E-state index is 10.9. The van der Waals surface area contributed by atoms with Gasteiger partial charge in [0.25, 0.3) is 5.69 Å². The molecule has 5 nitrogen and oxygen atoms in total. The summed E-state index contributed by atoms with van der Waals surface area (Å²) in [7, 11) is 1.91. The summed E-state index contributed by atoms with van der Waals surface area (Å²) >= 11 is 0. The summed E-state index contributed by atoms with van der Waals surface area (Å²) in [5, 5.41) is 14.1. The minimum Gasteiger partial charge on any atom is -0.317 e. The van der Waals surface area contributed by atoms with Crippen molar-refractivity contribution in [3.63, 3.8) is 0 Å². The van der Waals surface area contributed by atoms with Crippen LogP contribution in [0.3, 0.4) is 0 Å². The number of rotatable bonds is 6.